The molecule has 98 valence electrons. The number of carboxylic acid groups (broad SMARTS) is 1. The van der Waals surface area contributed by atoms with Crippen LogP contribution in [0.3, 0.4) is 0 Å². The number of halogens is 2. The highest BCUT2D eigenvalue weighted by Gasteiger charge is 2.16. The van der Waals surface area contributed by atoms with Crippen LogP contribution in [0, 0.1) is 6.92 Å². The van der Waals surface area contributed by atoms with Crippen molar-refractivity contribution < 1.29 is 9.90 Å². The van der Waals surface area contributed by atoms with Gasteiger partial charge in [-0.3, -0.25) is 0 Å². The van der Waals surface area contributed by atoms with Gasteiger partial charge in [0.25, 0.3) is 0 Å². The highest BCUT2D eigenvalue weighted by Crippen LogP contribution is 2.30. The van der Waals surface area contributed by atoms with Gasteiger partial charge in [-0.15, -0.1) is 0 Å². The Labute approximate surface area is 119 Å². The molecular weight excluding hydrogens is 287 g/mol. The Morgan fingerprint density at radius 1 is 1.32 bits per heavy atom. The lowest BCUT2D eigenvalue weighted by Gasteiger charge is -2.08. The zero-order valence-corrected chi connectivity index (χ0v) is 11.5. The second-order valence-electron chi connectivity index (χ2n) is 4.03. The van der Waals surface area contributed by atoms with Crippen LogP contribution >= 0.6 is 23.2 Å². The number of nitrogens with two attached hydrogens (primary N) is 1. The summed E-state index contributed by atoms with van der Waals surface area (Å²) in [4.78, 5) is 15.1. The summed E-state index contributed by atoms with van der Waals surface area (Å²) >= 11 is 11.8. The Morgan fingerprint density at radius 3 is 2.58 bits per heavy atom. The Bertz CT molecular complexity index is 672. The molecule has 0 saturated heterocycles. The predicted molar refractivity (Wildman–Crippen MR) is 75.8 cm³/mol. The summed E-state index contributed by atoms with van der Waals surface area (Å²) in [5.41, 5.74) is 7.62. The predicted octanol–water partition coefficient (Wildman–Crippen LogP) is 3.64. The van der Waals surface area contributed by atoms with Crippen LogP contribution < -0.4 is 5.73 Å². The lowest BCUT2D eigenvalue weighted by atomic mass is 10.1. The molecule has 0 unspecified atom stereocenters. The van der Waals surface area contributed by atoms with Gasteiger partial charge in [-0.2, -0.15) is 0 Å². The van der Waals surface area contributed by atoms with Crippen LogP contribution in [0.2, 0.25) is 10.0 Å². The zero-order valence-electron chi connectivity index (χ0n) is 9.95. The van der Waals surface area contributed by atoms with E-state index in [2.05, 4.69) is 4.98 Å². The number of benzene rings is 1. The molecule has 4 nitrogen and oxygen atoms in total. The number of aromatic carboxylic acids is 1. The number of aryl methyl sites for hydroxylation is 1. The minimum absolute atomic E-state index is 0.0607. The van der Waals surface area contributed by atoms with E-state index in [1.165, 1.54) is 6.07 Å². The van der Waals surface area contributed by atoms with Crippen molar-refractivity contribution >= 4 is 34.9 Å². The second-order valence-corrected chi connectivity index (χ2v) is 4.81. The van der Waals surface area contributed by atoms with Gasteiger partial charge >= 0.3 is 5.97 Å². The van der Waals surface area contributed by atoms with Crippen LogP contribution in [-0.2, 0) is 0 Å². The summed E-state index contributed by atoms with van der Waals surface area (Å²) in [5, 5.41) is 9.54. The van der Waals surface area contributed by atoms with Crippen LogP contribution in [0.1, 0.15) is 16.1 Å². The quantitative estimate of drug-likeness (QED) is 0.887. The van der Waals surface area contributed by atoms with Gasteiger partial charge in [0, 0.05) is 10.6 Å². The van der Waals surface area contributed by atoms with Gasteiger partial charge in [-0.25, -0.2) is 9.78 Å². The molecule has 0 radical (unpaired) electrons. The van der Waals surface area contributed by atoms with E-state index in [1.807, 2.05) is 13.0 Å². The second kappa shape index (κ2) is 5.07. The lowest BCUT2D eigenvalue weighted by Crippen LogP contribution is -2.05. The summed E-state index contributed by atoms with van der Waals surface area (Å²) in [5.74, 6) is -1.23. The monoisotopic (exact) mass is 296 g/mol. The smallest absolute Gasteiger partial charge is 0.356 e. The normalized spacial score (nSPS) is 10.5. The third kappa shape index (κ3) is 2.64. The fourth-order valence-electron chi connectivity index (χ4n) is 1.59. The number of pyridine rings is 1. The van der Waals surface area contributed by atoms with E-state index in [0.717, 1.165) is 5.56 Å². The number of nitrogens with zero attached hydrogens (tertiary/aromatic N) is 1. The van der Waals surface area contributed by atoms with Gasteiger partial charge in [0.05, 0.1) is 16.4 Å². The van der Waals surface area contributed by atoms with Crippen molar-refractivity contribution in [3.63, 3.8) is 0 Å². The van der Waals surface area contributed by atoms with Gasteiger partial charge in [0.15, 0.2) is 5.69 Å². The highest BCUT2D eigenvalue weighted by atomic mass is 35.5. The van der Waals surface area contributed by atoms with Crippen molar-refractivity contribution in [2.24, 2.45) is 0 Å². The molecule has 0 aliphatic heterocycles. The number of anilines is 1. The largest absolute Gasteiger partial charge is 0.476 e. The van der Waals surface area contributed by atoms with Crippen LogP contribution in [0.5, 0.6) is 0 Å². The van der Waals surface area contributed by atoms with Crippen LogP contribution in [0.25, 0.3) is 11.3 Å². The maximum Gasteiger partial charge on any atom is 0.356 e. The molecule has 0 bridgehead atoms. The van der Waals surface area contributed by atoms with E-state index < -0.39 is 5.97 Å². The average Bonchev–Trinajstić information content (AvgIpc) is 2.35. The first kappa shape index (κ1) is 13.6. The Morgan fingerprint density at radius 2 is 2.00 bits per heavy atom. The Balaban J connectivity index is 2.62. The molecule has 1 heterocycles. The van der Waals surface area contributed by atoms with E-state index in [9.17, 15) is 4.79 Å². The minimum atomic E-state index is -1.23. The zero-order chi connectivity index (χ0) is 14.2. The fraction of sp³-hybridized carbons (Fsp3) is 0.0769. The van der Waals surface area contributed by atoms with Crippen LogP contribution in [0.15, 0.2) is 24.3 Å². The molecule has 0 amide bonds. The number of carbonyl (C=O) groups is 1. The molecule has 0 aliphatic carbocycles. The molecule has 1 aromatic carbocycles. The van der Waals surface area contributed by atoms with E-state index in [-0.39, 0.29) is 16.4 Å². The summed E-state index contributed by atoms with van der Waals surface area (Å²) < 4.78 is 0. The van der Waals surface area contributed by atoms with Gasteiger partial charge < -0.3 is 10.8 Å². The number of hydrogen-bond acceptors (Lipinski definition) is 3. The molecule has 2 aromatic rings. The van der Waals surface area contributed by atoms with Gasteiger partial charge in [0.2, 0.25) is 0 Å². The Kier molecular flexibility index (Phi) is 3.64. The Hall–Kier alpha value is -1.78. The molecule has 1 aromatic heterocycles. The number of nitrogen functional groups attached to an aromatic ring is 1. The average molecular weight is 297 g/mol. The molecule has 19 heavy (non-hydrogen) atoms. The third-order valence-corrected chi connectivity index (χ3v) is 3.46. The molecular formula is C13H10Cl2N2O2. The molecule has 3 N–H and O–H groups in total. The molecule has 0 atom stereocenters. The van der Waals surface area contributed by atoms with Gasteiger partial charge in [0.1, 0.15) is 0 Å². The molecule has 0 spiro atoms. The van der Waals surface area contributed by atoms with Crippen LogP contribution in [0.4, 0.5) is 5.69 Å². The van der Waals surface area contributed by atoms with Gasteiger partial charge in [-0.1, -0.05) is 35.3 Å². The van der Waals surface area contributed by atoms with E-state index >= 15 is 0 Å². The molecule has 0 fully saturated rings. The molecule has 2 rings (SSSR count). The fourth-order valence-corrected chi connectivity index (χ4v) is 1.95. The van der Waals surface area contributed by atoms with E-state index in [4.69, 9.17) is 34.0 Å². The highest BCUT2D eigenvalue weighted by molar-refractivity contribution is 6.35. The van der Waals surface area contributed by atoms with Crippen molar-refractivity contribution in [2.45, 2.75) is 6.92 Å². The SMILES string of the molecule is Cc1ccc(-c2cc(N)c(Cl)c(C(=O)O)n2)cc1Cl. The minimum Gasteiger partial charge on any atom is -0.476 e. The molecule has 6 heteroatoms. The molecule has 0 saturated carbocycles. The first-order chi connectivity index (χ1) is 8.90. The summed E-state index contributed by atoms with van der Waals surface area (Å²) in [6.45, 7) is 1.87. The lowest BCUT2D eigenvalue weighted by molar-refractivity contribution is 0.0691. The molecule has 0 aliphatic rings. The van der Waals surface area contributed by atoms with Gasteiger partial charge in [-0.05, 0) is 24.6 Å². The first-order valence-corrected chi connectivity index (χ1v) is 6.11. The topological polar surface area (TPSA) is 76.2 Å². The van der Waals surface area contributed by atoms with Crippen molar-refractivity contribution in [3.05, 3.63) is 45.6 Å². The maximum atomic E-state index is 11.1. The van der Waals surface area contributed by atoms with Crippen molar-refractivity contribution in [1.82, 2.24) is 4.98 Å². The van der Waals surface area contributed by atoms with Crippen LogP contribution in [-0.4, -0.2) is 16.1 Å². The van der Waals surface area contributed by atoms with Crippen molar-refractivity contribution in [1.29, 1.82) is 0 Å². The third-order valence-electron chi connectivity index (χ3n) is 2.66. The van der Waals surface area contributed by atoms with E-state index in [0.29, 0.717) is 16.3 Å². The number of aromatic nitrogens is 1. The summed E-state index contributed by atoms with van der Waals surface area (Å²) in [6.07, 6.45) is 0. The summed E-state index contributed by atoms with van der Waals surface area (Å²) in [7, 11) is 0. The first-order valence-electron chi connectivity index (χ1n) is 5.36. The summed E-state index contributed by atoms with van der Waals surface area (Å²) in [6, 6.07) is 6.85. The number of rotatable bonds is 2. The van der Waals surface area contributed by atoms with Crippen molar-refractivity contribution in [2.75, 3.05) is 5.73 Å². The van der Waals surface area contributed by atoms with E-state index in [1.54, 1.807) is 12.1 Å². The number of hydrogen-bond donors (Lipinski definition) is 2. The maximum absolute atomic E-state index is 11.1. The standard InChI is InChI=1S/C13H10Cl2N2O2/c1-6-2-3-7(4-8(6)14)10-5-9(16)11(15)12(17-10)13(18)19/h2-5H,1H3,(H2,16,17)(H,18,19). The van der Waals surface area contributed by atoms with Crippen molar-refractivity contribution in [3.8, 4) is 11.3 Å². The number of carboxylic acids is 1.